The lowest BCUT2D eigenvalue weighted by atomic mass is 10.2. The first-order valence-electron chi connectivity index (χ1n) is 6.69. The van der Waals surface area contributed by atoms with Gasteiger partial charge in [-0.05, 0) is 42.0 Å². The summed E-state index contributed by atoms with van der Waals surface area (Å²) in [5.74, 6) is 0.271. The lowest BCUT2D eigenvalue weighted by Crippen LogP contribution is -2.07. The minimum atomic E-state index is -0.512. The molecule has 0 fully saturated rings. The standard InChI is InChI=1S/C17H11BrClNO3/c1-22-15-6-5-11(18)9-13(15)16-20-14(17(21)23-16)8-10-3-2-4-12(19)7-10/h2-9H,1H3/b14-8-. The molecule has 2 aromatic carbocycles. The molecule has 0 unspecified atom stereocenters. The number of carbonyl (C=O) groups excluding carboxylic acids is 1. The van der Waals surface area contributed by atoms with E-state index in [4.69, 9.17) is 21.1 Å². The van der Waals surface area contributed by atoms with E-state index in [-0.39, 0.29) is 11.6 Å². The molecule has 0 saturated carbocycles. The average molecular weight is 393 g/mol. The average Bonchev–Trinajstić information content (AvgIpc) is 2.88. The van der Waals surface area contributed by atoms with Gasteiger partial charge in [0, 0.05) is 9.50 Å². The number of ether oxygens (including phenoxy) is 2. The summed E-state index contributed by atoms with van der Waals surface area (Å²) < 4.78 is 11.4. The quantitative estimate of drug-likeness (QED) is 0.572. The Bertz CT molecular complexity index is 845. The SMILES string of the molecule is COc1ccc(Br)cc1C1=N/C(=C\c2cccc(Cl)c2)C(=O)O1. The van der Waals surface area contributed by atoms with Crippen molar-refractivity contribution in [3.63, 3.8) is 0 Å². The minimum absolute atomic E-state index is 0.210. The van der Waals surface area contributed by atoms with Gasteiger partial charge in [-0.15, -0.1) is 0 Å². The van der Waals surface area contributed by atoms with E-state index in [1.54, 1.807) is 43.5 Å². The van der Waals surface area contributed by atoms with Gasteiger partial charge < -0.3 is 9.47 Å². The van der Waals surface area contributed by atoms with Crippen LogP contribution in [0.25, 0.3) is 6.08 Å². The molecule has 0 spiro atoms. The first-order chi connectivity index (χ1) is 11.1. The number of nitrogens with zero attached hydrogens (tertiary/aromatic N) is 1. The fourth-order valence-corrected chi connectivity index (χ4v) is 2.69. The molecule has 3 rings (SSSR count). The Morgan fingerprint density at radius 3 is 2.83 bits per heavy atom. The van der Waals surface area contributed by atoms with E-state index in [0.29, 0.717) is 16.3 Å². The normalized spacial score (nSPS) is 15.5. The van der Waals surface area contributed by atoms with Gasteiger partial charge in [-0.3, -0.25) is 0 Å². The Kier molecular flexibility index (Phi) is 4.50. The lowest BCUT2D eigenvalue weighted by Gasteiger charge is -2.07. The highest BCUT2D eigenvalue weighted by Gasteiger charge is 2.26. The number of aliphatic imine (C=N–C) groups is 1. The van der Waals surface area contributed by atoms with E-state index >= 15 is 0 Å². The Labute approximate surface area is 146 Å². The lowest BCUT2D eigenvalue weighted by molar-refractivity contribution is -0.129. The Hall–Kier alpha value is -2.11. The number of esters is 1. The van der Waals surface area contributed by atoms with Crippen LogP contribution in [0.2, 0.25) is 5.02 Å². The molecule has 0 radical (unpaired) electrons. The van der Waals surface area contributed by atoms with E-state index in [9.17, 15) is 4.79 Å². The highest BCUT2D eigenvalue weighted by Crippen LogP contribution is 2.28. The van der Waals surface area contributed by atoms with Gasteiger partial charge in [0.15, 0.2) is 5.70 Å². The first kappa shape index (κ1) is 15.8. The number of benzene rings is 2. The molecule has 116 valence electrons. The zero-order chi connectivity index (χ0) is 16.4. The predicted molar refractivity (Wildman–Crippen MR) is 92.8 cm³/mol. The molecule has 0 atom stereocenters. The van der Waals surface area contributed by atoms with Crippen LogP contribution in [0, 0.1) is 0 Å². The summed E-state index contributed by atoms with van der Waals surface area (Å²) in [6.45, 7) is 0. The molecule has 0 N–H and O–H groups in total. The summed E-state index contributed by atoms with van der Waals surface area (Å²) in [6.07, 6.45) is 1.63. The highest BCUT2D eigenvalue weighted by atomic mass is 79.9. The molecule has 0 amide bonds. The summed E-state index contributed by atoms with van der Waals surface area (Å²) in [7, 11) is 1.55. The number of carbonyl (C=O) groups is 1. The van der Waals surface area contributed by atoms with Crippen LogP contribution in [-0.2, 0) is 9.53 Å². The van der Waals surface area contributed by atoms with E-state index in [2.05, 4.69) is 20.9 Å². The molecule has 4 nitrogen and oxygen atoms in total. The fraction of sp³-hybridized carbons (Fsp3) is 0.0588. The largest absolute Gasteiger partial charge is 0.496 e. The number of halogens is 2. The number of methoxy groups -OCH3 is 1. The molecule has 0 saturated heterocycles. The van der Waals surface area contributed by atoms with Crippen molar-refractivity contribution in [2.24, 2.45) is 4.99 Å². The summed E-state index contributed by atoms with van der Waals surface area (Å²) in [4.78, 5) is 16.3. The van der Waals surface area contributed by atoms with Crippen LogP contribution in [0.3, 0.4) is 0 Å². The van der Waals surface area contributed by atoms with Gasteiger partial charge in [0.1, 0.15) is 5.75 Å². The predicted octanol–water partition coefficient (Wildman–Crippen LogP) is 4.46. The van der Waals surface area contributed by atoms with E-state index in [1.807, 2.05) is 12.1 Å². The Balaban J connectivity index is 2.00. The maximum Gasteiger partial charge on any atom is 0.363 e. The fourth-order valence-electron chi connectivity index (χ4n) is 2.13. The van der Waals surface area contributed by atoms with E-state index < -0.39 is 5.97 Å². The summed E-state index contributed by atoms with van der Waals surface area (Å²) in [6, 6.07) is 12.5. The zero-order valence-electron chi connectivity index (χ0n) is 12.0. The van der Waals surface area contributed by atoms with Gasteiger partial charge in [0.2, 0.25) is 5.90 Å². The third-order valence-electron chi connectivity index (χ3n) is 3.16. The second-order valence-corrected chi connectivity index (χ2v) is 6.09. The van der Waals surface area contributed by atoms with Crippen LogP contribution in [0.4, 0.5) is 0 Å². The highest BCUT2D eigenvalue weighted by molar-refractivity contribution is 9.10. The molecule has 6 heteroatoms. The topological polar surface area (TPSA) is 47.9 Å². The number of hydrogen-bond donors (Lipinski definition) is 0. The van der Waals surface area contributed by atoms with Crippen molar-refractivity contribution in [3.8, 4) is 5.75 Å². The van der Waals surface area contributed by atoms with Crippen molar-refractivity contribution in [1.82, 2.24) is 0 Å². The van der Waals surface area contributed by atoms with Gasteiger partial charge in [-0.2, -0.15) is 0 Å². The second kappa shape index (κ2) is 6.56. The van der Waals surface area contributed by atoms with Crippen LogP contribution in [0.5, 0.6) is 5.75 Å². The molecule has 1 aliphatic heterocycles. The molecule has 1 heterocycles. The number of rotatable bonds is 3. The molecule has 1 aliphatic rings. The maximum absolute atomic E-state index is 12.0. The Morgan fingerprint density at radius 2 is 2.09 bits per heavy atom. The number of cyclic esters (lactones) is 1. The van der Waals surface area contributed by atoms with Crippen LogP contribution in [0.15, 0.2) is 57.6 Å². The van der Waals surface area contributed by atoms with Crippen molar-refractivity contribution in [2.45, 2.75) is 0 Å². The van der Waals surface area contributed by atoms with Crippen LogP contribution in [-0.4, -0.2) is 19.0 Å². The van der Waals surface area contributed by atoms with Crippen LogP contribution >= 0.6 is 27.5 Å². The molecular formula is C17H11BrClNO3. The van der Waals surface area contributed by atoms with Crippen molar-refractivity contribution < 1.29 is 14.3 Å². The smallest absolute Gasteiger partial charge is 0.363 e. The summed E-state index contributed by atoms with van der Waals surface area (Å²) in [5.41, 5.74) is 1.59. The minimum Gasteiger partial charge on any atom is -0.496 e. The van der Waals surface area contributed by atoms with Crippen molar-refractivity contribution in [3.05, 3.63) is 68.8 Å². The molecule has 2 aromatic rings. The van der Waals surface area contributed by atoms with Crippen molar-refractivity contribution in [2.75, 3.05) is 7.11 Å². The zero-order valence-corrected chi connectivity index (χ0v) is 14.4. The van der Waals surface area contributed by atoms with Crippen molar-refractivity contribution >= 4 is 45.5 Å². The monoisotopic (exact) mass is 391 g/mol. The van der Waals surface area contributed by atoms with Gasteiger partial charge in [0.25, 0.3) is 0 Å². The van der Waals surface area contributed by atoms with Gasteiger partial charge >= 0.3 is 5.97 Å². The summed E-state index contributed by atoms with van der Waals surface area (Å²) in [5, 5.41) is 0.587. The molecular weight excluding hydrogens is 382 g/mol. The molecule has 0 aliphatic carbocycles. The van der Waals surface area contributed by atoms with Crippen LogP contribution in [0.1, 0.15) is 11.1 Å². The van der Waals surface area contributed by atoms with E-state index in [1.165, 1.54) is 0 Å². The molecule has 0 bridgehead atoms. The summed E-state index contributed by atoms with van der Waals surface area (Å²) >= 11 is 9.33. The van der Waals surface area contributed by atoms with Crippen LogP contribution < -0.4 is 4.74 Å². The van der Waals surface area contributed by atoms with E-state index in [0.717, 1.165) is 10.0 Å². The van der Waals surface area contributed by atoms with Gasteiger partial charge in [0.05, 0.1) is 12.7 Å². The number of hydrogen-bond acceptors (Lipinski definition) is 4. The maximum atomic E-state index is 12.0. The van der Waals surface area contributed by atoms with Gasteiger partial charge in [-0.1, -0.05) is 39.7 Å². The third-order valence-corrected chi connectivity index (χ3v) is 3.89. The molecule has 23 heavy (non-hydrogen) atoms. The molecule has 0 aromatic heterocycles. The first-order valence-corrected chi connectivity index (χ1v) is 7.86. The third kappa shape index (κ3) is 3.46. The van der Waals surface area contributed by atoms with Crippen molar-refractivity contribution in [1.29, 1.82) is 0 Å². The Morgan fingerprint density at radius 1 is 1.26 bits per heavy atom. The van der Waals surface area contributed by atoms with Gasteiger partial charge in [-0.25, -0.2) is 9.79 Å². The second-order valence-electron chi connectivity index (χ2n) is 4.74.